The molecule has 0 saturated carbocycles. The van der Waals surface area contributed by atoms with Crippen molar-refractivity contribution in [1.29, 1.82) is 0 Å². The minimum Gasteiger partial charge on any atom is -0.496 e. The molecule has 116 valence electrons. The highest BCUT2D eigenvalue weighted by Crippen LogP contribution is 2.35. The summed E-state index contributed by atoms with van der Waals surface area (Å²) < 4.78 is 19.4. The van der Waals surface area contributed by atoms with Crippen LogP contribution >= 0.6 is 0 Å². The van der Waals surface area contributed by atoms with Gasteiger partial charge in [-0.25, -0.2) is 4.39 Å². The van der Waals surface area contributed by atoms with Gasteiger partial charge in [-0.2, -0.15) is 0 Å². The van der Waals surface area contributed by atoms with Crippen molar-refractivity contribution in [3.63, 3.8) is 0 Å². The standard InChI is InChI=1S/C18H20FNO2/c1-22-16-4-2-3-15(19)17(16)13-5-7-14(8-6-13)18(21)9-11-20-12-10-18/h2-8,20-21H,9-12H2,1H3. The van der Waals surface area contributed by atoms with Gasteiger partial charge in [-0.05, 0) is 49.2 Å². The van der Waals surface area contributed by atoms with Crippen LogP contribution in [-0.2, 0) is 5.60 Å². The lowest BCUT2D eigenvalue weighted by Gasteiger charge is -2.33. The van der Waals surface area contributed by atoms with Crippen LogP contribution in [0.2, 0.25) is 0 Å². The minimum absolute atomic E-state index is 0.312. The zero-order valence-corrected chi connectivity index (χ0v) is 12.6. The molecular weight excluding hydrogens is 281 g/mol. The van der Waals surface area contributed by atoms with E-state index in [9.17, 15) is 9.50 Å². The van der Waals surface area contributed by atoms with Crippen molar-refractivity contribution in [2.45, 2.75) is 18.4 Å². The molecule has 0 unspecified atom stereocenters. The minimum atomic E-state index is -0.789. The fourth-order valence-corrected chi connectivity index (χ4v) is 3.03. The number of rotatable bonds is 3. The molecule has 0 amide bonds. The summed E-state index contributed by atoms with van der Waals surface area (Å²) in [5.41, 5.74) is 1.29. The van der Waals surface area contributed by atoms with Gasteiger partial charge in [0.1, 0.15) is 11.6 Å². The molecule has 0 spiro atoms. The lowest BCUT2D eigenvalue weighted by molar-refractivity contribution is 0.00595. The number of halogens is 1. The molecule has 2 aromatic carbocycles. The molecule has 0 atom stereocenters. The Bertz CT molecular complexity index is 649. The second-order valence-corrected chi connectivity index (χ2v) is 5.68. The van der Waals surface area contributed by atoms with Crippen molar-refractivity contribution in [3.05, 3.63) is 53.8 Å². The maximum absolute atomic E-state index is 14.1. The number of piperidine rings is 1. The predicted octanol–water partition coefficient (Wildman–Crippen LogP) is 3.07. The van der Waals surface area contributed by atoms with E-state index in [4.69, 9.17) is 4.74 Å². The Hall–Kier alpha value is -1.91. The predicted molar refractivity (Wildman–Crippen MR) is 84.4 cm³/mol. The Morgan fingerprint density at radius 1 is 1.09 bits per heavy atom. The van der Waals surface area contributed by atoms with E-state index in [0.29, 0.717) is 24.2 Å². The van der Waals surface area contributed by atoms with Crippen molar-refractivity contribution < 1.29 is 14.2 Å². The molecule has 2 aromatic rings. The zero-order valence-electron chi connectivity index (χ0n) is 12.6. The van der Waals surface area contributed by atoms with Crippen LogP contribution < -0.4 is 10.1 Å². The van der Waals surface area contributed by atoms with Crippen molar-refractivity contribution in [3.8, 4) is 16.9 Å². The topological polar surface area (TPSA) is 41.5 Å². The highest BCUT2D eigenvalue weighted by Gasteiger charge is 2.30. The van der Waals surface area contributed by atoms with E-state index in [-0.39, 0.29) is 5.82 Å². The van der Waals surface area contributed by atoms with Gasteiger partial charge in [0.15, 0.2) is 0 Å². The van der Waals surface area contributed by atoms with Crippen LogP contribution in [0.3, 0.4) is 0 Å². The normalized spacial score (nSPS) is 17.2. The van der Waals surface area contributed by atoms with Gasteiger partial charge in [0.05, 0.1) is 18.3 Å². The molecule has 0 bridgehead atoms. The van der Waals surface area contributed by atoms with Gasteiger partial charge in [0, 0.05) is 0 Å². The van der Waals surface area contributed by atoms with Crippen LogP contribution in [0.15, 0.2) is 42.5 Å². The highest BCUT2D eigenvalue weighted by molar-refractivity contribution is 5.71. The van der Waals surface area contributed by atoms with Gasteiger partial charge in [-0.1, -0.05) is 30.3 Å². The van der Waals surface area contributed by atoms with Crippen molar-refractivity contribution in [1.82, 2.24) is 5.32 Å². The molecule has 1 saturated heterocycles. The van der Waals surface area contributed by atoms with E-state index in [0.717, 1.165) is 24.2 Å². The number of hydrogen-bond donors (Lipinski definition) is 2. The van der Waals surface area contributed by atoms with Crippen molar-refractivity contribution in [2.75, 3.05) is 20.2 Å². The van der Waals surface area contributed by atoms with Gasteiger partial charge in [0.2, 0.25) is 0 Å². The lowest BCUT2D eigenvalue weighted by Crippen LogP contribution is -2.39. The number of hydrogen-bond acceptors (Lipinski definition) is 3. The Balaban J connectivity index is 1.95. The molecule has 1 aliphatic heterocycles. The van der Waals surface area contributed by atoms with Crippen LogP contribution in [0.5, 0.6) is 5.75 Å². The summed E-state index contributed by atoms with van der Waals surface area (Å²) in [6.45, 7) is 1.61. The van der Waals surface area contributed by atoms with Gasteiger partial charge in [-0.3, -0.25) is 0 Å². The first kappa shape index (κ1) is 15.0. The SMILES string of the molecule is COc1cccc(F)c1-c1ccc(C2(O)CCNCC2)cc1. The molecule has 1 aliphatic rings. The van der Waals surface area contributed by atoms with E-state index in [1.165, 1.54) is 13.2 Å². The summed E-state index contributed by atoms with van der Waals surface area (Å²) >= 11 is 0. The molecule has 0 aromatic heterocycles. The third kappa shape index (κ3) is 2.72. The molecule has 1 fully saturated rings. The summed E-state index contributed by atoms with van der Waals surface area (Å²) in [5, 5.41) is 14.0. The second kappa shape index (κ2) is 6.07. The fourth-order valence-electron chi connectivity index (χ4n) is 3.03. The quantitative estimate of drug-likeness (QED) is 0.915. The molecule has 4 heteroatoms. The largest absolute Gasteiger partial charge is 0.496 e. The first-order chi connectivity index (χ1) is 10.6. The molecular formula is C18H20FNO2. The third-order valence-electron chi connectivity index (χ3n) is 4.34. The van der Waals surface area contributed by atoms with E-state index >= 15 is 0 Å². The van der Waals surface area contributed by atoms with Gasteiger partial charge >= 0.3 is 0 Å². The Morgan fingerprint density at radius 3 is 2.41 bits per heavy atom. The summed E-state index contributed by atoms with van der Waals surface area (Å²) in [5.74, 6) is 0.195. The molecule has 0 aliphatic carbocycles. The van der Waals surface area contributed by atoms with Crippen LogP contribution in [0, 0.1) is 5.82 Å². The maximum atomic E-state index is 14.1. The number of benzene rings is 2. The van der Waals surface area contributed by atoms with Crippen molar-refractivity contribution in [2.24, 2.45) is 0 Å². The Labute approximate surface area is 129 Å². The number of aliphatic hydroxyl groups is 1. The monoisotopic (exact) mass is 301 g/mol. The fraction of sp³-hybridized carbons (Fsp3) is 0.333. The summed E-state index contributed by atoms with van der Waals surface area (Å²) in [6.07, 6.45) is 1.38. The average molecular weight is 301 g/mol. The summed E-state index contributed by atoms with van der Waals surface area (Å²) in [6, 6.07) is 12.2. The van der Waals surface area contributed by atoms with Crippen LogP contribution in [-0.4, -0.2) is 25.3 Å². The maximum Gasteiger partial charge on any atom is 0.134 e. The van der Waals surface area contributed by atoms with Gasteiger partial charge < -0.3 is 15.2 Å². The van der Waals surface area contributed by atoms with E-state index in [1.807, 2.05) is 24.3 Å². The molecule has 22 heavy (non-hydrogen) atoms. The van der Waals surface area contributed by atoms with Crippen LogP contribution in [0.1, 0.15) is 18.4 Å². The second-order valence-electron chi connectivity index (χ2n) is 5.68. The van der Waals surface area contributed by atoms with Gasteiger partial charge in [-0.15, -0.1) is 0 Å². The molecule has 3 rings (SSSR count). The molecule has 1 heterocycles. The van der Waals surface area contributed by atoms with Crippen molar-refractivity contribution >= 4 is 0 Å². The number of methoxy groups -OCH3 is 1. The molecule has 3 nitrogen and oxygen atoms in total. The average Bonchev–Trinajstić information content (AvgIpc) is 2.55. The first-order valence-corrected chi connectivity index (χ1v) is 7.50. The number of ether oxygens (including phenoxy) is 1. The van der Waals surface area contributed by atoms with Crippen LogP contribution in [0.25, 0.3) is 11.1 Å². The van der Waals surface area contributed by atoms with E-state index in [2.05, 4.69) is 5.32 Å². The Morgan fingerprint density at radius 2 is 1.77 bits per heavy atom. The lowest BCUT2D eigenvalue weighted by atomic mass is 9.84. The highest BCUT2D eigenvalue weighted by atomic mass is 19.1. The number of nitrogens with one attached hydrogen (secondary N) is 1. The summed E-state index contributed by atoms with van der Waals surface area (Å²) in [7, 11) is 1.53. The third-order valence-corrected chi connectivity index (χ3v) is 4.34. The van der Waals surface area contributed by atoms with Gasteiger partial charge in [0.25, 0.3) is 0 Å². The smallest absolute Gasteiger partial charge is 0.134 e. The zero-order chi connectivity index (χ0) is 15.6. The van der Waals surface area contributed by atoms with E-state index < -0.39 is 5.60 Å². The molecule has 0 radical (unpaired) electrons. The summed E-state index contributed by atoms with van der Waals surface area (Å²) in [4.78, 5) is 0. The van der Waals surface area contributed by atoms with Crippen LogP contribution in [0.4, 0.5) is 4.39 Å². The first-order valence-electron chi connectivity index (χ1n) is 7.50. The van der Waals surface area contributed by atoms with E-state index in [1.54, 1.807) is 12.1 Å². The Kier molecular flexibility index (Phi) is 4.14. The molecule has 2 N–H and O–H groups in total.